The van der Waals surface area contributed by atoms with E-state index in [1.165, 1.54) is 17.0 Å². The van der Waals surface area contributed by atoms with Gasteiger partial charge in [0.15, 0.2) is 0 Å². The number of nitrogens with one attached hydrogen (secondary N) is 1. The molecule has 4 rings (SSSR count). The highest BCUT2D eigenvalue weighted by Gasteiger charge is 2.33. The Kier molecular flexibility index (Phi) is 8.82. The smallest absolute Gasteiger partial charge is 0.322 e. The van der Waals surface area contributed by atoms with Crippen LogP contribution in [-0.2, 0) is 11.2 Å². The SMILES string of the molecule is CC[C@H](C)CN(CC(=O)N1CCc2sccc2[C@H]1COc1cccc(F)c1)C(=O)Nc1ccc(C)cc1. The van der Waals surface area contributed by atoms with Gasteiger partial charge in [0.1, 0.15) is 24.7 Å². The quantitative estimate of drug-likeness (QED) is 0.359. The first-order chi connectivity index (χ1) is 17.8. The van der Waals surface area contributed by atoms with Crippen molar-refractivity contribution in [2.24, 2.45) is 5.92 Å². The van der Waals surface area contributed by atoms with Gasteiger partial charge in [-0.25, -0.2) is 9.18 Å². The van der Waals surface area contributed by atoms with Crippen molar-refractivity contribution in [1.82, 2.24) is 9.80 Å². The third kappa shape index (κ3) is 6.89. The summed E-state index contributed by atoms with van der Waals surface area (Å²) in [6.07, 6.45) is 1.66. The molecule has 0 fully saturated rings. The summed E-state index contributed by atoms with van der Waals surface area (Å²) in [5, 5.41) is 4.97. The van der Waals surface area contributed by atoms with Gasteiger partial charge in [-0.3, -0.25) is 4.79 Å². The van der Waals surface area contributed by atoms with E-state index >= 15 is 0 Å². The second-order valence-corrected chi connectivity index (χ2v) is 10.6. The molecule has 196 valence electrons. The third-order valence-electron chi connectivity index (χ3n) is 6.76. The number of rotatable bonds is 9. The molecule has 1 aliphatic heterocycles. The predicted molar refractivity (Wildman–Crippen MR) is 146 cm³/mol. The zero-order valence-corrected chi connectivity index (χ0v) is 22.4. The normalized spacial score (nSPS) is 15.6. The molecule has 37 heavy (non-hydrogen) atoms. The van der Waals surface area contributed by atoms with E-state index in [2.05, 4.69) is 19.2 Å². The molecule has 2 heterocycles. The van der Waals surface area contributed by atoms with Crippen LogP contribution in [-0.4, -0.2) is 48.0 Å². The number of ether oxygens (including phenoxy) is 1. The second kappa shape index (κ2) is 12.2. The number of urea groups is 1. The van der Waals surface area contributed by atoms with E-state index in [0.29, 0.717) is 24.5 Å². The monoisotopic (exact) mass is 523 g/mol. The molecule has 3 amide bonds. The summed E-state index contributed by atoms with van der Waals surface area (Å²) < 4.78 is 19.6. The summed E-state index contributed by atoms with van der Waals surface area (Å²) in [7, 11) is 0. The Hall–Kier alpha value is -3.39. The Bertz CT molecular complexity index is 1210. The number of halogens is 1. The van der Waals surface area contributed by atoms with Gasteiger partial charge in [0.25, 0.3) is 0 Å². The number of amides is 3. The van der Waals surface area contributed by atoms with Gasteiger partial charge >= 0.3 is 6.03 Å². The molecule has 0 aliphatic carbocycles. The number of hydrogen-bond donors (Lipinski definition) is 1. The first kappa shape index (κ1) is 26.7. The van der Waals surface area contributed by atoms with Crippen molar-refractivity contribution in [1.29, 1.82) is 0 Å². The van der Waals surface area contributed by atoms with Gasteiger partial charge in [-0.1, -0.05) is 44.0 Å². The van der Waals surface area contributed by atoms with Gasteiger partial charge in [0.05, 0.1) is 6.04 Å². The van der Waals surface area contributed by atoms with Crippen molar-refractivity contribution in [2.75, 3.05) is 31.6 Å². The van der Waals surface area contributed by atoms with Gasteiger partial charge in [-0.05, 0) is 60.5 Å². The van der Waals surface area contributed by atoms with Crippen molar-refractivity contribution >= 4 is 29.0 Å². The molecule has 0 radical (unpaired) electrons. The number of anilines is 1. The van der Waals surface area contributed by atoms with Crippen LogP contribution < -0.4 is 10.1 Å². The zero-order valence-electron chi connectivity index (χ0n) is 21.6. The van der Waals surface area contributed by atoms with Crippen LogP contribution in [0.5, 0.6) is 5.75 Å². The minimum Gasteiger partial charge on any atom is -0.491 e. The van der Waals surface area contributed by atoms with E-state index in [-0.39, 0.29) is 42.9 Å². The highest BCUT2D eigenvalue weighted by atomic mass is 32.1. The molecule has 8 heteroatoms. The van der Waals surface area contributed by atoms with Crippen molar-refractivity contribution in [3.8, 4) is 5.75 Å². The minimum atomic E-state index is -0.370. The van der Waals surface area contributed by atoms with Crippen LogP contribution in [0.1, 0.15) is 42.3 Å². The lowest BCUT2D eigenvalue weighted by molar-refractivity contribution is -0.135. The maximum Gasteiger partial charge on any atom is 0.322 e. The van der Waals surface area contributed by atoms with Crippen LogP contribution in [0.3, 0.4) is 0 Å². The molecule has 2 aromatic carbocycles. The summed E-state index contributed by atoms with van der Waals surface area (Å²) in [6, 6.07) is 15.0. The van der Waals surface area contributed by atoms with Crippen molar-refractivity contribution in [3.63, 3.8) is 0 Å². The standard InChI is InChI=1S/C29H34FN3O3S/c1-4-20(2)17-32(29(35)31-23-10-8-21(3)9-11-23)18-28(34)33-14-12-27-25(13-15-37-27)26(33)19-36-24-7-5-6-22(30)16-24/h5-11,13,15-16,20,26H,4,12,14,17-19H2,1-3H3,(H,31,35)/t20-,26+/m0/s1. The number of benzene rings is 2. The highest BCUT2D eigenvalue weighted by Crippen LogP contribution is 2.34. The number of hydrogen-bond acceptors (Lipinski definition) is 4. The molecule has 1 N–H and O–H groups in total. The Morgan fingerprint density at radius 2 is 2.00 bits per heavy atom. The molecule has 0 spiro atoms. The molecule has 3 aromatic rings. The number of carbonyl (C=O) groups excluding carboxylic acids is 2. The zero-order chi connectivity index (χ0) is 26.4. The average molecular weight is 524 g/mol. The number of aryl methyl sites for hydroxylation is 1. The predicted octanol–water partition coefficient (Wildman–Crippen LogP) is 6.28. The van der Waals surface area contributed by atoms with Crippen molar-refractivity contribution in [2.45, 2.75) is 39.7 Å². The van der Waals surface area contributed by atoms with Gasteiger partial charge in [0, 0.05) is 29.7 Å². The Morgan fingerprint density at radius 3 is 2.73 bits per heavy atom. The molecule has 0 bridgehead atoms. The number of carbonyl (C=O) groups is 2. The highest BCUT2D eigenvalue weighted by molar-refractivity contribution is 7.10. The first-order valence-corrected chi connectivity index (χ1v) is 13.6. The largest absolute Gasteiger partial charge is 0.491 e. The van der Waals surface area contributed by atoms with Gasteiger partial charge in [-0.2, -0.15) is 0 Å². The van der Waals surface area contributed by atoms with Crippen molar-refractivity contribution in [3.05, 3.63) is 81.8 Å². The van der Waals surface area contributed by atoms with E-state index in [1.54, 1.807) is 33.3 Å². The topological polar surface area (TPSA) is 61.9 Å². The summed E-state index contributed by atoms with van der Waals surface area (Å²) in [4.78, 5) is 31.5. The van der Waals surface area contributed by atoms with Crippen LogP contribution in [0.15, 0.2) is 60.0 Å². The Labute approximate surface area is 222 Å². The van der Waals surface area contributed by atoms with E-state index in [1.807, 2.05) is 42.6 Å². The van der Waals surface area contributed by atoms with Gasteiger partial charge < -0.3 is 19.9 Å². The summed E-state index contributed by atoms with van der Waals surface area (Å²) >= 11 is 1.67. The van der Waals surface area contributed by atoms with E-state index in [4.69, 9.17) is 4.74 Å². The minimum absolute atomic E-state index is 0.0298. The second-order valence-electron chi connectivity index (χ2n) is 9.61. The summed E-state index contributed by atoms with van der Waals surface area (Å²) in [5.41, 5.74) is 2.85. The van der Waals surface area contributed by atoms with Crippen LogP contribution in [0, 0.1) is 18.7 Å². The van der Waals surface area contributed by atoms with Crippen LogP contribution in [0.25, 0.3) is 0 Å². The van der Waals surface area contributed by atoms with E-state index in [9.17, 15) is 14.0 Å². The molecule has 1 aromatic heterocycles. The maximum atomic E-state index is 13.7. The molecule has 6 nitrogen and oxygen atoms in total. The first-order valence-electron chi connectivity index (χ1n) is 12.7. The number of thiophene rings is 1. The van der Waals surface area contributed by atoms with Crippen LogP contribution in [0.2, 0.25) is 0 Å². The lowest BCUT2D eigenvalue weighted by Gasteiger charge is -2.37. The fraction of sp³-hybridized carbons (Fsp3) is 0.379. The molecule has 0 unspecified atom stereocenters. The summed E-state index contributed by atoms with van der Waals surface area (Å²) in [5.74, 6) is 0.164. The lowest BCUT2D eigenvalue weighted by atomic mass is 10.00. The van der Waals surface area contributed by atoms with Crippen LogP contribution >= 0.6 is 11.3 Å². The number of fused-ring (bicyclic) bond motifs is 1. The molecule has 2 atom stereocenters. The lowest BCUT2D eigenvalue weighted by Crippen LogP contribution is -2.49. The average Bonchev–Trinajstić information content (AvgIpc) is 3.37. The van der Waals surface area contributed by atoms with Gasteiger partial charge in [0.2, 0.25) is 5.91 Å². The van der Waals surface area contributed by atoms with Gasteiger partial charge in [-0.15, -0.1) is 11.3 Å². The number of nitrogens with zero attached hydrogens (tertiary/aromatic N) is 2. The fourth-order valence-electron chi connectivity index (χ4n) is 4.42. The molecule has 0 saturated heterocycles. The van der Waals surface area contributed by atoms with E-state index in [0.717, 1.165) is 24.0 Å². The van der Waals surface area contributed by atoms with E-state index < -0.39 is 0 Å². The van der Waals surface area contributed by atoms with Crippen molar-refractivity contribution < 1.29 is 18.7 Å². The summed E-state index contributed by atoms with van der Waals surface area (Å²) in [6.45, 7) is 7.33. The molecular weight excluding hydrogens is 489 g/mol. The molecular formula is C29H34FN3O3S. The molecule has 0 saturated carbocycles. The fourth-order valence-corrected chi connectivity index (χ4v) is 5.35. The third-order valence-corrected chi connectivity index (χ3v) is 7.76. The Balaban J connectivity index is 1.50. The molecule has 1 aliphatic rings. The Morgan fingerprint density at radius 1 is 1.22 bits per heavy atom. The van der Waals surface area contributed by atoms with Crippen LogP contribution in [0.4, 0.5) is 14.9 Å². The maximum absolute atomic E-state index is 13.7.